The van der Waals surface area contributed by atoms with E-state index in [1.54, 1.807) is 24.3 Å². The summed E-state index contributed by atoms with van der Waals surface area (Å²) < 4.78 is 24.4. The van der Waals surface area contributed by atoms with Gasteiger partial charge in [0.2, 0.25) is 0 Å². The first kappa shape index (κ1) is 23.5. The summed E-state index contributed by atoms with van der Waals surface area (Å²) in [5, 5.41) is 7.64. The molecular formula is C24H23Cl2FN2O4. The molecule has 0 unspecified atom stereocenters. The third kappa shape index (κ3) is 6.25. The zero-order valence-electron chi connectivity index (χ0n) is 17.7. The maximum atomic E-state index is 13.4. The zero-order chi connectivity index (χ0) is 23.4. The van der Waals surface area contributed by atoms with Crippen LogP contribution in [0.3, 0.4) is 0 Å². The van der Waals surface area contributed by atoms with Gasteiger partial charge in [-0.15, -0.1) is 0 Å². The Morgan fingerprint density at radius 3 is 2.55 bits per heavy atom. The average molecular weight is 493 g/mol. The van der Waals surface area contributed by atoms with Crippen molar-refractivity contribution in [2.75, 3.05) is 13.2 Å². The number of Topliss-reactive ketones (excluding diaryl/α,β-unsaturated/α-hetero) is 1. The van der Waals surface area contributed by atoms with E-state index in [0.29, 0.717) is 10.6 Å². The third-order valence-corrected chi connectivity index (χ3v) is 6.18. The minimum absolute atomic E-state index is 0.00429. The molecule has 3 aromatic rings. The highest BCUT2D eigenvalue weighted by molar-refractivity contribution is 6.31. The summed E-state index contributed by atoms with van der Waals surface area (Å²) in [6.07, 6.45) is 3.25. The summed E-state index contributed by atoms with van der Waals surface area (Å²) in [5.41, 5.74) is 0.618. The van der Waals surface area contributed by atoms with E-state index in [4.69, 9.17) is 32.4 Å². The molecule has 4 rings (SSSR count). The number of halogens is 3. The van der Waals surface area contributed by atoms with Gasteiger partial charge < -0.3 is 19.8 Å². The molecule has 1 aliphatic carbocycles. The number of fused-ring (bicyclic) bond motifs is 1. The number of nitrogens with one attached hydrogen (secondary N) is 2. The lowest BCUT2D eigenvalue weighted by molar-refractivity contribution is -0.120. The number of ether oxygens (including phenoxy) is 1. The predicted molar refractivity (Wildman–Crippen MR) is 125 cm³/mol. The van der Waals surface area contributed by atoms with Crippen LogP contribution in [0.15, 0.2) is 46.9 Å². The van der Waals surface area contributed by atoms with Crippen LogP contribution in [-0.4, -0.2) is 36.9 Å². The lowest BCUT2D eigenvalue weighted by Crippen LogP contribution is -2.43. The summed E-state index contributed by atoms with van der Waals surface area (Å²) in [6.45, 7) is 0.0154. The van der Waals surface area contributed by atoms with Crippen molar-refractivity contribution >= 4 is 45.9 Å². The molecule has 1 aliphatic rings. The van der Waals surface area contributed by atoms with Crippen molar-refractivity contribution in [2.24, 2.45) is 0 Å². The van der Waals surface area contributed by atoms with Crippen molar-refractivity contribution in [3.8, 4) is 5.75 Å². The molecule has 1 amide bonds. The van der Waals surface area contributed by atoms with Gasteiger partial charge in [-0.2, -0.15) is 0 Å². The molecular weight excluding hydrogens is 470 g/mol. The van der Waals surface area contributed by atoms with Crippen LogP contribution in [-0.2, 0) is 4.79 Å². The van der Waals surface area contributed by atoms with Gasteiger partial charge in [-0.1, -0.05) is 23.2 Å². The molecule has 6 nitrogen and oxygen atoms in total. The molecule has 2 aromatic carbocycles. The molecule has 2 N–H and O–H groups in total. The monoisotopic (exact) mass is 492 g/mol. The van der Waals surface area contributed by atoms with E-state index in [0.717, 1.165) is 37.1 Å². The zero-order valence-corrected chi connectivity index (χ0v) is 19.2. The fourth-order valence-electron chi connectivity index (χ4n) is 3.86. The Balaban J connectivity index is 1.17. The Hall–Kier alpha value is -2.61. The Morgan fingerprint density at radius 2 is 1.79 bits per heavy atom. The number of hydrogen-bond acceptors (Lipinski definition) is 5. The number of hydrogen-bond donors (Lipinski definition) is 2. The van der Waals surface area contributed by atoms with Crippen LogP contribution >= 0.6 is 23.2 Å². The molecule has 1 aromatic heterocycles. The van der Waals surface area contributed by atoms with Crippen LogP contribution in [0.5, 0.6) is 5.75 Å². The van der Waals surface area contributed by atoms with Crippen molar-refractivity contribution < 1.29 is 23.1 Å². The topological polar surface area (TPSA) is 80.6 Å². The molecule has 9 heteroatoms. The van der Waals surface area contributed by atoms with E-state index < -0.39 is 5.82 Å². The number of furan rings is 1. The molecule has 0 bridgehead atoms. The van der Waals surface area contributed by atoms with Gasteiger partial charge in [0.15, 0.2) is 11.5 Å². The average Bonchev–Trinajstić information content (AvgIpc) is 3.23. The smallest absolute Gasteiger partial charge is 0.287 e. The maximum absolute atomic E-state index is 13.4. The van der Waals surface area contributed by atoms with Gasteiger partial charge in [0.05, 0.1) is 11.6 Å². The number of benzene rings is 2. The largest absolute Gasteiger partial charge is 0.486 e. The van der Waals surface area contributed by atoms with Crippen LogP contribution in [0.1, 0.15) is 36.2 Å². The number of rotatable bonds is 8. The highest BCUT2D eigenvalue weighted by atomic mass is 35.5. The van der Waals surface area contributed by atoms with Gasteiger partial charge >= 0.3 is 0 Å². The summed E-state index contributed by atoms with van der Waals surface area (Å²) in [7, 11) is 0. The van der Waals surface area contributed by atoms with Gasteiger partial charge in [0.1, 0.15) is 23.8 Å². The third-order valence-electron chi connectivity index (χ3n) is 5.64. The number of carbonyl (C=O) groups is 2. The second-order valence-corrected chi connectivity index (χ2v) is 8.94. The molecule has 0 aliphatic heterocycles. The van der Waals surface area contributed by atoms with Crippen LogP contribution in [0, 0.1) is 5.82 Å². The first-order valence-corrected chi connectivity index (χ1v) is 11.5. The normalized spacial score (nSPS) is 18.3. The Morgan fingerprint density at radius 1 is 1.03 bits per heavy atom. The van der Waals surface area contributed by atoms with Crippen LogP contribution < -0.4 is 15.4 Å². The molecule has 1 heterocycles. The molecule has 0 atom stereocenters. The van der Waals surface area contributed by atoms with E-state index >= 15 is 0 Å². The van der Waals surface area contributed by atoms with E-state index in [9.17, 15) is 14.0 Å². The molecule has 0 radical (unpaired) electrons. The summed E-state index contributed by atoms with van der Waals surface area (Å²) in [6, 6.07) is 11.2. The number of ketones is 1. The van der Waals surface area contributed by atoms with Crippen LogP contribution in [0.25, 0.3) is 11.0 Å². The first-order chi connectivity index (χ1) is 15.9. The highest BCUT2D eigenvalue weighted by Gasteiger charge is 2.24. The van der Waals surface area contributed by atoms with E-state index in [1.165, 1.54) is 12.1 Å². The fourth-order valence-corrected chi connectivity index (χ4v) is 4.16. The summed E-state index contributed by atoms with van der Waals surface area (Å²) in [5.74, 6) is -0.448. The molecule has 174 valence electrons. The first-order valence-electron chi connectivity index (χ1n) is 10.7. The second kappa shape index (κ2) is 10.5. The molecule has 1 fully saturated rings. The van der Waals surface area contributed by atoms with Crippen molar-refractivity contribution in [2.45, 2.75) is 37.8 Å². The number of carbonyl (C=O) groups excluding carboxylic acids is 2. The van der Waals surface area contributed by atoms with Gasteiger partial charge in [0.25, 0.3) is 5.91 Å². The van der Waals surface area contributed by atoms with Crippen LogP contribution in [0.2, 0.25) is 10.0 Å². The van der Waals surface area contributed by atoms with Crippen molar-refractivity contribution in [1.82, 2.24) is 10.6 Å². The van der Waals surface area contributed by atoms with Crippen molar-refractivity contribution in [3.63, 3.8) is 0 Å². The molecule has 1 saturated carbocycles. The molecule has 33 heavy (non-hydrogen) atoms. The van der Waals surface area contributed by atoms with Gasteiger partial charge in [0, 0.05) is 28.6 Å². The second-order valence-electron chi connectivity index (χ2n) is 8.10. The quantitative estimate of drug-likeness (QED) is 0.454. The fraction of sp³-hybridized carbons (Fsp3) is 0.333. The van der Waals surface area contributed by atoms with Gasteiger partial charge in [-0.25, -0.2) is 4.39 Å². The summed E-state index contributed by atoms with van der Waals surface area (Å²) in [4.78, 5) is 24.6. The Bertz CT molecular complexity index is 1160. The Labute approximate surface area is 200 Å². The lowest BCUT2D eigenvalue weighted by atomic mass is 9.91. The van der Waals surface area contributed by atoms with E-state index in [-0.39, 0.29) is 53.5 Å². The minimum Gasteiger partial charge on any atom is -0.486 e. The SMILES string of the molecule is O=C(CNC1CCC(NC(=O)c2cc3cc(Cl)ccc3o2)CC1)COc1ccc(Cl)c(F)c1. The minimum atomic E-state index is -0.590. The van der Waals surface area contributed by atoms with Crippen molar-refractivity contribution in [3.05, 3.63) is 64.1 Å². The number of amides is 1. The van der Waals surface area contributed by atoms with Crippen LogP contribution in [0.4, 0.5) is 4.39 Å². The predicted octanol–water partition coefficient (Wildman–Crippen LogP) is 5.16. The molecule has 0 spiro atoms. The highest BCUT2D eigenvalue weighted by Crippen LogP contribution is 2.24. The van der Waals surface area contributed by atoms with E-state index in [2.05, 4.69) is 10.6 Å². The molecule has 0 saturated heterocycles. The standard InChI is InChI=1S/C24H23Cl2FN2O4/c25-15-1-8-22-14(9-15)10-23(33-22)24(31)29-17-4-2-16(3-5-17)28-12-18(30)13-32-19-6-7-20(26)21(27)11-19/h1,6-11,16-17,28H,2-5,12-13H2,(H,29,31). The van der Waals surface area contributed by atoms with E-state index in [1.807, 2.05) is 0 Å². The van der Waals surface area contributed by atoms with Gasteiger partial charge in [-0.3, -0.25) is 9.59 Å². The Kier molecular flexibility index (Phi) is 7.53. The summed E-state index contributed by atoms with van der Waals surface area (Å²) >= 11 is 11.6. The lowest BCUT2D eigenvalue weighted by Gasteiger charge is -2.29. The van der Waals surface area contributed by atoms with Gasteiger partial charge in [-0.05, 0) is 62.1 Å². The maximum Gasteiger partial charge on any atom is 0.287 e. The van der Waals surface area contributed by atoms with Crippen molar-refractivity contribution in [1.29, 1.82) is 0 Å².